The number of unbranched alkanes of at least 4 members (excludes halogenated alkanes) is 1. The van der Waals surface area contributed by atoms with Crippen LogP contribution in [0.3, 0.4) is 0 Å². The van der Waals surface area contributed by atoms with Crippen molar-refractivity contribution in [1.29, 1.82) is 0 Å². The molecular formula is C21H24OS. The number of hydrogen-bond donors (Lipinski definition) is 0. The first-order valence-corrected chi connectivity index (χ1v) is 9.26. The molecular weight excluding hydrogens is 300 g/mol. The molecule has 0 radical (unpaired) electrons. The molecule has 120 valence electrons. The van der Waals surface area contributed by atoms with Crippen LogP contribution in [0, 0.1) is 0 Å². The lowest BCUT2D eigenvalue weighted by atomic mass is 10.0. The van der Waals surface area contributed by atoms with E-state index in [1.54, 1.807) is 17.8 Å². The van der Waals surface area contributed by atoms with Crippen LogP contribution in [0.1, 0.15) is 48.2 Å². The highest BCUT2D eigenvalue weighted by Crippen LogP contribution is 2.19. The molecule has 0 amide bonds. The van der Waals surface area contributed by atoms with Crippen molar-refractivity contribution < 1.29 is 4.79 Å². The van der Waals surface area contributed by atoms with Crippen molar-refractivity contribution in [2.45, 2.75) is 38.0 Å². The Labute approximate surface area is 143 Å². The van der Waals surface area contributed by atoms with E-state index in [1.165, 1.54) is 23.3 Å². The second-order valence-electron chi connectivity index (χ2n) is 5.46. The summed E-state index contributed by atoms with van der Waals surface area (Å²) < 4.78 is 0. The lowest BCUT2D eigenvalue weighted by Gasteiger charge is -2.05. The average Bonchev–Trinajstić information content (AvgIpc) is 2.59. The first-order chi connectivity index (χ1) is 11.2. The molecule has 0 aliphatic heterocycles. The summed E-state index contributed by atoms with van der Waals surface area (Å²) in [5, 5.41) is 0. The summed E-state index contributed by atoms with van der Waals surface area (Å²) >= 11 is 1.79. The van der Waals surface area contributed by atoms with Gasteiger partial charge in [-0.05, 0) is 60.1 Å². The van der Waals surface area contributed by atoms with E-state index < -0.39 is 0 Å². The van der Waals surface area contributed by atoms with Crippen molar-refractivity contribution in [2.75, 3.05) is 5.75 Å². The molecule has 0 aliphatic rings. The minimum Gasteiger partial charge on any atom is -0.289 e. The van der Waals surface area contributed by atoms with Gasteiger partial charge in [-0.3, -0.25) is 4.79 Å². The smallest absolute Gasteiger partial charge is 0.185 e. The zero-order chi connectivity index (χ0) is 16.5. The molecule has 0 atom stereocenters. The Bertz CT molecular complexity index is 656. The van der Waals surface area contributed by atoms with Gasteiger partial charge in [0.1, 0.15) is 0 Å². The molecule has 0 saturated heterocycles. The second kappa shape index (κ2) is 9.36. The molecule has 0 bridgehead atoms. The van der Waals surface area contributed by atoms with E-state index >= 15 is 0 Å². The van der Waals surface area contributed by atoms with Gasteiger partial charge in [-0.25, -0.2) is 0 Å². The summed E-state index contributed by atoms with van der Waals surface area (Å²) in [7, 11) is 0. The van der Waals surface area contributed by atoms with E-state index in [-0.39, 0.29) is 5.78 Å². The van der Waals surface area contributed by atoms with Crippen molar-refractivity contribution in [1.82, 2.24) is 0 Å². The van der Waals surface area contributed by atoms with Crippen LogP contribution in [0.25, 0.3) is 6.08 Å². The van der Waals surface area contributed by atoms with Gasteiger partial charge in [0, 0.05) is 10.5 Å². The number of ketones is 1. The molecule has 0 fully saturated rings. The SMILES string of the molecule is CCCCc1ccccc1/C=C/C(=O)c1ccc(SCC)cc1. The van der Waals surface area contributed by atoms with Crippen LogP contribution in [0.15, 0.2) is 59.5 Å². The highest BCUT2D eigenvalue weighted by molar-refractivity contribution is 7.99. The molecule has 23 heavy (non-hydrogen) atoms. The lowest BCUT2D eigenvalue weighted by Crippen LogP contribution is -1.94. The number of rotatable bonds is 8. The topological polar surface area (TPSA) is 17.1 Å². The van der Waals surface area contributed by atoms with Gasteiger partial charge in [-0.2, -0.15) is 0 Å². The molecule has 0 N–H and O–H groups in total. The maximum absolute atomic E-state index is 12.3. The zero-order valence-electron chi connectivity index (χ0n) is 13.9. The summed E-state index contributed by atoms with van der Waals surface area (Å²) in [5.41, 5.74) is 3.20. The van der Waals surface area contributed by atoms with Gasteiger partial charge >= 0.3 is 0 Å². The van der Waals surface area contributed by atoms with Gasteiger partial charge in [0.15, 0.2) is 5.78 Å². The summed E-state index contributed by atoms with van der Waals surface area (Å²) in [6, 6.07) is 16.2. The Hall–Kier alpha value is -1.80. The fourth-order valence-electron chi connectivity index (χ4n) is 2.44. The van der Waals surface area contributed by atoms with Gasteiger partial charge < -0.3 is 0 Å². The number of carbonyl (C=O) groups is 1. The molecule has 2 aromatic carbocycles. The van der Waals surface area contributed by atoms with Crippen LogP contribution in [0.4, 0.5) is 0 Å². The van der Waals surface area contributed by atoms with Crippen molar-refractivity contribution in [2.24, 2.45) is 0 Å². The molecule has 0 heterocycles. The first kappa shape index (κ1) is 17.6. The predicted molar refractivity (Wildman–Crippen MR) is 101 cm³/mol. The molecule has 0 aliphatic carbocycles. The monoisotopic (exact) mass is 324 g/mol. The maximum Gasteiger partial charge on any atom is 0.185 e. The van der Waals surface area contributed by atoms with E-state index in [4.69, 9.17) is 0 Å². The standard InChI is InChI=1S/C21H24OS/c1-3-5-8-17-9-6-7-10-18(17)13-16-21(22)19-11-14-20(15-12-19)23-4-2/h6-7,9-16H,3-5,8H2,1-2H3/b16-13+. The molecule has 0 saturated carbocycles. The molecule has 1 nitrogen and oxygen atoms in total. The van der Waals surface area contributed by atoms with Gasteiger partial charge in [-0.15, -0.1) is 11.8 Å². The van der Waals surface area contributed by atoms with E-state index in [0.717, 1.165) is 23.3 Å². The number of thioether (sulfide) groups is 1. The second-order valence-corrected chi connectivity index (χ2v) is 6.79. The van der Waals surface area contributed by atoms with Crippen molar-refractivity contribution in [3.8, 4) is 0 Å². The molecule has 2 rings (SSSR count). The Balaban J connectivity index is 2.08. The van der Waals surface area contributed by atoms with Gasteiger partial charge in [-0.1, -0.05) is 50.6 Å². The quantitative estimate of drug-likeness (QED) is 0.334. The highest BCUT2D eigenvalue weighted by atomic mass is 32.2. The number of carbonyl (C=O) groups excluding carboxylic acids is 1. The van der Waals surface area contributed by atoms with E-state index in [2.05, 4.69) is 32.0 Å². The maximum atomic E-state index is 12.3. The van der Waals surface area contributed by atoms with Crippen LogP contribution in [0.5, 0.6) is 0 Å². The molecule has 2 aromatic rings. The minimum absolute atomic E-state index is 0.0587. The largest absolute Gasteiger partial charge is 0.289 e. The predicted octanol–water partition coefficient (Wildman–Crippen LogP) is 6.04. The fraction of sp³-hybridized carbons (Fsp3) is 0.286. The Morgan fingerprint density at radius 3 is 2.48 bits per heavy atom. The number of benzene rings is 2. The highest BCUT2D eigenvalue weighted by Gasteiger charge is 2.03. The third kappa shape index (κ3) is 5.40. The molecule has 0 aromatic heterocycles. The zero-order valence-corrected chi connectivity index (χ0v) is 14.7. The number of aryl methyl sites for hydroxylation is 1. The Morgan fingerprint density at radius 1 is 1.04 bits per heavy atom. The summed E-state index contributed by atoms with van der Waals surface area (Å²) in [5.74, 6) is 1.10. The fourth-order valence-corrected chi connectivity index (χ4v) is 3.10. The van der Waals surface area contributed by atoms with Crippen molar-refractivity contribution in [3.05, 3.63) is 71.3 Å². The first-order valence-electron chi connectivity index (χ1n) is 8.27. The van der Waals surface area contributed by atoms with Crippen molar-refractivity contribution in [3.63, 3.8) is 0 Å². The summed E-state index contributed by atoms with van der Waals surface area (Å²) in [4.78, 5) is 13.5. The number of hydrogen-bond acceptors (Lipinski definition) is 2. The van der Waals surface area contributed by atoms with Crippen molar-refractivity contribution >= 4 is 23.6 Å². The molecule has 2 heteroatoms. The van der Waals surface area contributed by atoms with Crippen LogP contribution >= 0.6 is 11.8 Å². The van der Waals surface area contributed by atoms with Crippen LogP contribution in [-0.4, -0.2) is 11.5 Å². The van der Waals surface area contributed by atoms with Gasteiger partial charge in [0.2, 0.25) is 0 Å². The lowest BCUT2D eigenvalue weighted by molar-refractivity contribution is 0.104. The van der Waals surface area contributed by atoms with Gasteiger partial charge in [0.05, 0.1) is 0 Å². The van der Waals surface area contributed by atoms with E-state index in [1.807, 2.05) is 36.4 Å². The third-order valence-electron chi connectivity index (χ3n) is 3.72. The Morgan fingerprint density at radius 2 is 1.78 bits per heavy atom. The molecule has 0 spiro atoms. The minimum atomic E-state index is 0.0587. The normalized spacial score (nSPS) is 11.0. The number of allylic oxidation sites excluding steroid dienone is 1. The third-order valence-corrected chi connectivity index (χ3v) is 4.61. The summed E-state index contributed by atoms with van der Waals surface area (Å²) in [6.07, 6.45) is 7.05. The van der Waals surface area contributed by atoms with Crippen LogP contribution < -0.4 is 0 Å². The van der Waals surface area contributed by atoms with E-state index in [9.17, 15) is 4.79 Å². The average molecular weight is 324 g/mol. The van der Waals surface area contributed by atoms with Gasteiger partial charge in [0.25, 0.3) is 0 Å². The summed E-state index contributed by atoms with van der Waals surface area (Å²) in [6.45, 7) is 4.32. The Kier molecular flexibility index (Phi) is 7.15. The van der Waals surface area contributed by atoms with Crippen LogP contribution in [0.2, 0.25) is 0 Å². The molecule has 0 unspecified atom stereocenters. The van der Waals surface area contributed by atoms with Crippen LogP contribution in [-0.2, 0) is 6.42 Å². The van der Waals surface area contributed by atoms with E-state index in [0.29, 0.717) is 0 Å².